The molecule has 0 radical (unpaired) electrons. The van der Waals surface area contributed by atoms with Gasteiger partial charge < -0.3 is 0 Å². The molecule has 0 aliphatic carbocycles. The Morgan fingerprint density at radius 3 is 0.769 bits per heavy atom. The Morgan fingerprint density at radius 2 is 0.558 bits per heavy atom. The van der Waals surface area contributed by atoms with Gasteiger partial charge in [-0.05, 0) is 71.6 Å². The summed E-state index contributed by atoms with van der Waals surface area (Å²) in [7, 11) is 0. The maximum absolute atomic E-state index is 2.34. The molecule has 0 fully saturated rings. The molecule has 0 unspecified atom stereocenters. The second-order valence-electron chi connectivity index (χ2n) is 10.7. The normalized spacial score (nSPS) is 20.1. The number of thioether (sulfide) groups is 16. The van der Waals surface area contributed by atoms with Crippen molar-refractivity contribution in [3.63, 3.8) is 0 Å². The van der Waals surface area contributed by atoms with Crippen LogP contribution >= 0.6 is 188 Å². The van der Waals surface area contributed by atoms with Gasteiger partial charge in [-0.3, -0.25) is 0 Å². The molecule has 0 saturated carbocycles. The number of hydrogen-bond donors (Lipinski definition) is 0. The molecule has 0 nitrogen and oxygen atoms in total. The molecule has 4 bridgehead atoms. The van der Waals surface area contributed by atoms with Gasteiger partial charge in [0.05, 0.1) is 50.8 Å². The number of hydrogen-bond acceptors (Lipinski definition) is 16. The van der Waals surface area contributed by atoms with E-state index in [1.165, 1.54) is 73.1 Å². The van der Waals surface area contributed by atoms with E-state index in [0.717, 1.165) is 23.0 Å². The molecule has 0 amide bonds. The van der Waals surface area contributed by atoms with E-state index in [9.17, 15) is 0 Å². The molecule has 0 spiro atoms. The molecular formula is C36H32S16. The van der Waals surface area contributed by atoms with Crippen molar-refractivity contribution >= 4 is 188 Å². The van der Waals surface area contributed by atoms with Crippen molar-refractivity contribution in [2.45, 2.75) is 23.0 Å². The van der Waals surface area contributed by atoms with Crippen LogP contribution in [0.25, 0.3) is 0 Å². The highest BCUT2D eigenvalue weighted by atomic mass is 32.3. The smallest absolute Gasteiger partial charge is 0.0663 e. The summed E-state index contributed by atoms with van der Waals surface area (Å²) in [5, 5.41) is 0. The molecule has 8 aliphatic heterocycles. The summed E-state index contributed by atoms with van der Waals surface area (Å²) < 4.78 is 16.9. The Hall–Kier alpha value is 1.96. The fraction of sp³-hybridized carbons (Fsp3) is 0.222. The standard InChI is InChI=1S/C36H32S16/c1-37-29-30(38-2)46-25(45-29)13-15-27-49-33-34(50-27)42-18-22-7-11-24(12-8-22)20-44-36-35(43-19-23-9-5-21(6-10-23)17-41-33)51-28(52-36)16-14-26-47-31(39-3)32(40-4)48-26/h5-16H,17-20H2,1-4H3. The molecule has 0 saturated heterocycles. The van der Waals surface area contributed by atoms with Gasteiger partial charge in [0.1, 0.15) is 0 Å². The van der Waals surface area contributed by atoms with Crippen molar-refractivity contribution in [1.29, 1.82) is 0 Å². The van der Waals surface area contributed by atoms with E-state index < -0.39 is 0 Å². The predicted molar refractivity (Wildman–Crippen MR) is 273 cm³/mol. The molecule has 0 aromatic heterocycles. The highest BCUT2D eigenvalue weighted by molar-refractivity contribution is 8.42. The van der Waals surface area contributed by atoms with Gasteiger partial charge in [0.15, 0.2) is 0 Å². The lowest BCUT2D eigenvalue weighted by Crippen LogP contribution is -1.87. The van der Waals surface area contributed by atoms with Crippen molar-refractivity contribution in [3.8, 4) is 0 Å². The lowest BCUT2D eigenvalue weighted by molar-refractivity contribution is 1.35. The van der Waals surface area contributed by atoms with Crippen LogP contribution in [0.3, 0.4) is 0 Å². The number of allylic oxidation sites excluding steroid dienone is 4. The van der Waals surface area contributed by atoms with Crippen molar-refractivity contribution in [2.24, 2.45) is 0 Å². The average molecular weight is 978 g/mol. The largest absolute Gasteiger partial charge is 0.121 e. The van der Waals surface area contributed by atoms with Gasteiger partial charge in [0, 0.05) is 23.0 Å². The summed E-state index contributed by atoms with van der Waals surface area (Å²) >= 11 is 30.8. The molecule has 8 heterocycles. The van der Waals surface area contributed by atoms with Crippen molar-refractivity contribution < 1.29 is 0 Å². The minimum atomic E-state index is 0.984. The Balaban J connectivity index is 1.05. The molecule has 52 heavy (non-hydrogen) atoms. The summed E-state index contributed by atoms with van der Waals surface area (Å²) in [6.07, 6.45) is 18.0. The Morgan fingerprint density at radius 1 is 0.346 bits per heavy atom. The van der Waals surface area contributed by atoms with E-state index in [2.05, 4.69) is 97.9 Å². The van der Waals surface area contributed by atoms with Gasteiger partial charge in [-0.2, -0.15) is 0 Å². The van der Waals surface area contributed by atoms with Crippen molar-refractivity contribution in [2.75, 3.05) is 25.0 Å². The fourth-order valence-electron chi connectivity index (χ4n) is 4.60. The lowest BCUT2D eigenvalue weighted by atomic mass is 10.2. The first kappa shape index (κ1) is 42.1. The highest BCUT2D eigenvalue weighted by Crippen LogP contribution is 2.61. The maximum Gasteiger partial charge on any atom is 0.0663 e. The summed E-state index contributed by atoms with van der Waals surface area (Å²) in [5.74, 6) is 3.94. The van der Waals surface area contributed by atoms with Gasteiger partial charge in [0.2, 0.25) is 0 Å². The molecular weight excluding hydrogens is 945 g/mol. The predicted octanol–water partition coefficient (Wildman–Crippen LogP) is 17.6. The summed E-state index contributed by atoms with van der Waals surface area (Å²) in [5.41, 5.74) is 5.54. The van der Waals surface area contributed by atoms with Crippen LogP contribution in [-0.4, -0.2) is 25.0 Å². The monoisotopic (exact) mass is 976 g/mol. The van der Waals surface area contributed by atoms with E-state index in [4.69, 9.17) is 0 Å². The van der Waals surface area contributed by atoms with Crippen LogP contribution < -0.4 is 0 Å². The number of rotatable bonds is 6. The van der Waals surface area contributed by atoms with E-state index in [1.54, 1.807) is 0 Å². The van der Waals surface area contributed by atoms with Gasteiger partial charge >= 0.3 is 0 Å². The minimum absolute atomic E-state index is 0.984. The molecule has 2 aromatic rings. The second-order valence-corrected chi connectivity index (χ2v) is 29.4. The van der Waals surface area contributed by atoms with Gasteiger partial charge in [-0.1, -0.05) is 143 Å². The summed E-state index contributed by atoms with van der Waals surface area (Å²) in [4.78, 5) is 0. The Kier molecular flexibility index (Phi) is 17.2. The molecule has 16 heteroatoms. The van der Waals surface area contributed by atoms with Crippen LogP contribution in [0.4, 0.5) is 0 Å². The molecule has 0 atom stereocenters. The highest BCUT2D eigenvalue weighted by Gasteiger charge is 2.26. The first-order valence-corrected chi connectivity index (χ1v) is 30.9. The maximum atomic E-state index is 2.34. The SMILES string of the molecule is CSC1=C(SC)SC(=CC=C2SC3=C(SCc4ccc(cc4)CSC4=C(SCc5ccc(cc5)CS3)SC(=CC=C3SC(SC)=C(SC)S3)S4)S2)S1. The van der Waals surface area contributed by atoms with Crippen LogP contribution in [0, 0.1) is 0 Å². The zero-order valence-corrected chi connectivity index (χ0v) is 41.4. The van der Waals surface area contributed by atoms with E-state index in [1.807, 2.05) is 188 Å². The van der Waals surface area contributed by atoms with Crippen LogP contribution in [0.2, 0.25) is 0 Å². The first-order chi connectivity index (χ1) is 25.5. The zero-order chi connectivity index (χ0) is 35.9. The minimum Gasteiger partial charge on any atom is -0.121 e. The fourth-order valence-corrected chi connectivity index (χ4v) is 25.4. The quantitative estimate of drug-likeness (QED) is 0.269. The third-order valence-electron chi connectivity index (χ3n) is 7.19. The van der Waals surface area contributed by atoms with Crippen LogP contribution in [0.5, 0.6) is 0 Å². The molecule has 2 aromatic carbocycles. The summed E-state index contributed by atoms with van der Waals surface area (Å²) in [6.45, 7) is 0. The Bertz CT molecular complexity index is 1650. The topological polar surface area (TPSA) is 0 Å². The molecule has 10 rings (SSSR count). The zero-order valence-electron chi connectivity index (χ0n) is 28.3. The molecule has 0 N–H and O–H groups in total. The second kappa shape index (κ2) is 21.3. The summed E-state index contributed by atoms with van der Waals surface area (Å²) in [6, 6.07) is 18.7. The van der Waals surface area contributed by atoms with Crippen LogP contribution in [0.15, 0.2) is 124 Å². The van der Waals surface area contributed by atoms with E-state index >= 15 is 0 Å². The Labute approximate surface area is 377 Å². The van der Waals surface area contributed by atoms with Crippen molar-refractivity contribution in [3.05, 3.63) is 146 Å². The van der Waals surface area contributed by atoms with Crippen LogP contribution in [-0.2, 0) is 23.0 Å². The van der Waals surface area contributed by atoms with Crippen LogP contribution in [0.1, 0.15) is 22.3 Å². The molecule has 8 aliphatic rings. The first-order valence-electron chi connectivity index (χ1n) is 15.6. The van der Waals surface area contributed by atoms with Gasteiger partial charge in [-0.15, -0.1) is 94.1 Å². The lowest BCUT2D eigenvalue weighted by Gasteiger charge is -2.09. The van der Waals surface area contributed by atoms with Crippen molar-refractivity contribution in [1.82, 2.24) is 0 Å². The third kappa shape index (κ3) is 11.6. The third-order valence-corrected chi connectivity index (χ3v) is 28.6. The molecule has 272 valence electrons. The van der Waals surface area contributed by atoms with E-state index in [0.29, 0.717) is 0 Å². The van der Waals surface area contributed by atoms with Gasteiger partial charge in [0.25, 0.3) is 0 Å². The number of benzene rings is 2. The van der Waals surface area contributed by atoms with Gasteiger partial charge in [-0.25, -0.2) is 0 Å². The average Bonchev–Trinajstić information content (AvgIpc) is 3.97. The van der Waals surface area contributed by atoms with E-state index in [-0.39, 0.29) is 0 Å².